The number of hydrogen-bond acceptors (Lipinski definition) is 5. The van der Waals surface area contributed by atoms with Crippen LogP contribution in [0.2, 0.25) is 0 Å². The monoisotopic (exact) mass is 458 g/mol. The summed E-state index contributed by atoms with van der Waals surface area (Å²) in [5.41, 5.74) is 3.95. The molecule has 0 amide bonds. The Morgan fingerprint density at radius 2 is 1.21 bits per heavy atom. The third-order valence-electron chi connectivity index (χ3n) is 5.60. The fourth-order valence-electron chi connectivity index (χ4n) is 3.84. The molecular weight excluding hydrogens is 428 g/mol. The lowest BCUT2D eigenvalue weighted by Gasteiger charge is -2.22. The second kappa shape index (κ2) is 13.1. The van der Waals surface area contributed by atoms with Crippen molar-refractivity contribution in [3.05, 3.63) is 114 Å². The van der Waals surface area contributed by atoms with Crippen LogP contribution in [0.3, 0.4) is 0 Å². The van der Waals surface area contributed by atoms with E-state index < -0.39 is 23.8 Å². The first-order valence-electron chi connectivity index (χ1n) is 11.2. The molecule has 5 nitrogen and oxygen atoms in total. The fourth-order valence-corrected chi connectivity index (χ4v) is 3.84. The second-order valence-corrected chi connectivity index (χ2v) is 7.83. The molecule has 0 radical (unpaired) electrons. The molecular formula is C29H30O5. The van der Waals surface area contributed by atoms with Gasteiger partial charge in [0.25, 0.3) is 0 Å². The Morgan fingerprint density at radius 1 is 0.735 bits per heavy atom. The van der Waals surface area contributed by atoms with Crippen LogP contribution in [0.4, 0.5) is 0 Å². The highest BCUT2D eigenvalue weighted by molar-refractivity contribution is 5.96. The number of allylic oxidation sites excluding steroid dienone is 1. The maximum absolute atomic E-state index is 12.7. The summed E-state index contributed by atoms with van der Waals surface area (Å²) in [5, 5.41) is 0. The van der Waals surface area contributed by atoms with Crippen LogP contribution in [-0.2, 0) is 30.4 Å². The summed E-state index contributed by atoms with van der Waals surface area (Å²) in [6.45, 7) is 0.806. The van der Waals surface area contributed by atoms with Crippen LogP contribution in [0, 0.1) is 11.8 Å². The van der Waals surface area contributed by atoms with Gasteiger partial charge in [-0.1, -0.05) is 97.1 Å². The molecule has 0 aliphatic heterocycles. The summed E-state index contributed by atoms with van der Waals surface area (Å²) in [7, 11) is 2.56. The zero-order chi connectivity index (χ0) is 24.2. The molecule has 0 aromatic heterocycles. The SMILES string of the molecule is COC(=O)C(C(=O)OC)[C@H](C=C(c1ccccc1)c1ccccc1)CCOCc1ccccc1. The van der Waals surface area contributed by atoms with Gasteiger partial charge in [0.15, 0.2) is 5.92 Å². The zero-order valence-corrected chi connectivity index (χ0v) is 19.6. The number of carbonyl (C=O) groups is 2. The van der Waals surface area contributed by atoms with Crippen LogP contribution in [-0.4, -0.2) is 32.8 Å². The molecule has 0 fully saturated rings. The van der Waals surface area contributed by atoms with Crippen molar-refractivity contribution >= 4 is 17.5 Å². The van der Waals surface area contributed by atoms with E-state index >= 15 is 0 Å². The Morgan fingerprint density at radius 3 is 1.68 bits per heavy atom. The lowest BCUT2D eigenvalue weighted by Crippen LogP contribution is -2.33. The van der Waals surface area contributed by atoms with E-state index in [9.17, 15) is 9.59 Å². The van der Waals surface area contributed by atoms with Crippen molar-refractivity contribution < 1.29 is 23.8 Å². The highest BCUT2D eigenvalue weighted by Crippen LogP contribution is 2.30. The topological polar surface area (TPSA) is 61.8 Å². The maximum atomic E-state index is 12.7. The lowest BCUT2D eigenvalue weighted by atomic mass is 9.85. The molecule has 34 heavy (non-hydrogen) atoms. The number of methoxy groups -OCH3 is 2. The number of carbonyl (C=O) groups excluding carboxylic acids is 2. The third kappa shape index (κ3) is 6.90. The Labute approximate surface area is 201 Å². The molecule has 176 valence electrons. The van der Waals surface area contributed by atoms with Gasteiger partial charge in [0, 0.05) is 12.5 Å². The Balaban J connectivity index is 1.94. The summed E-state index contributed by atoms with van der Waals surface area (Å²) in [4.78, 5) is 25.3. The van der Waals surface area contributed by atoms with Gasteiger partial charge in [-0.05, 0) is 28.7 Å². The maximum Gasteiger partial charge on any atom is 0.320 e. The van der Waals surface area contributed by atoms with Gasteiger partial charge >= 0.3 is 11.9 Å². The highest BCUT2D eigenvalue weighted by Gasteiger charge is 2.36. The molecule has 0 saturated heterocycles. The van der Waals surface area contributed by atoms with Crippen molar-refractivity contribution in [2.45, 2.75) is 13.0 Å². The van der Waals surface area contributed by atoms with Crippen LogP contribution < -0.4 is 0 Å². The van der Waals surface area contributed by atoms with Crippen molar-refractivity contribution in [1.29, 1.82) is 0 Å². The van der Waals surface area contributed by atoms with E-state index in [0.717, 1.165) is 22.3 Å². The van der Waals surface area contributed by atoms with E-state index in [-0.39, 0.29) is 0 Å². The number of esters is 2. The van der Waals surface area contributed by atoms with E-state index in [1.54, 1.807) is 0 Å². The molecule has 0 heterocycles. The third-order valence-corrected chi connectivity index (χ3v) is 5.60. The Hall–Kier alpha value is -3.70. The minimum Gasteiger partial charge on any atom is -0.468 e. The van der Waals surface area contributed by atoms with Crippen LogP contribution in [0.5, 0.6) is 0 Å². The minimum atomic E-state index is -1.10. The number of hydrogen-bond donors (Lipinski definition) is 0. The highest BCUT2D eigenvalue weighted by atomic mass is 16.5. The number of ether oxygens (including phenoxy) is 3. The molecule has 0 saturated carbocycles. The van der Waals surface area contributed by atoms with Crippen LogP contribution in [0.25, 0.3) is 5.57 Å². The largest absolute Gasteiger partial charge is 0.468 e. The summed E-state index contributed by atoms with van der Waals surface area (Å²) in [6, 6.07) is 29.6. The summed E-state index contributed by atoms with van der Waals surface area (Å²) < 4.78 is 15.8. The summed E-state index contributed by atoms with van der Waals surface area (Å²) >= 11 is 0. The smallest absolute Gasteiger partial charge is 0.320 e. The molecule has 1 atom stereocenters. The van der Waals surface area contributed by atoms with E-state index in [0.29, 0.717) is 19.6 Å². The molecule has 0 aliphatic carbocycles. The van der Waals surface area contributed by atoms with Gasteiger partial charge in [-0.25, -0.2) is 0 Å². The number of rotatable bonds is 11. The molecule has 3 rings (SSSR count). The molecule has 3 aromatic rings. The fraction of sp³-hybridized carbons (Fsp3) is 0.241. The van der Waals surface area contributed by atoms with E-state index in [4.69, 9.17) is 14.2 Å². The van der Waals surface area contributed by atoms with E-state index in [1.165, 1.54) is 14.2 Å². The summed E-state index contributed by atoms with van der Waals surface area (Å²) in [6.07, 6.45) is 2.40. The van der Waals surface area contributed by atoms with Gasteiger partial charge in [0.05, 0.1) is 20.8 Å². The molecule has 0 bridgehead atoms. The zero-order valence-electron chi connectivity index (χ0n) is 19.6. The predicted molar refractivity (Wildman–Crippen MR) is 132 cm³/mol. The molecule has 3 aromatic carbocycles. The van der Waals surface area contributed by atoms with Crippen molar-refractivity contribution in [1.82, 2.24) is 0 Å². The van der Waals surface area contributed by atoms with E-state index in [1.807, 2.05) is 97.1 Å². The van der Waals surface area contributed by atoms with Crippen molar-refractivity contribution in [2.24, 2.45) is 11.8 Å². The first kappa shape index (κ1) is 24.9. The normalized spacial score (nSPS) is 11.5. The van der Waals surface area contributed by atoms with Gasteiger partial charge in [-0.3, -0.25) is 9.59 Å². The van der Waals surface area contributed by atoms with Gasteiger partial charge in [-0.2, -0.15) is 0 Å². The molecule has 0 aliphatic rings. The van der Waals surface area contributed by atoms with Gasteiger partial charge in [-0.15, -0.1) is 0 Å². The molecule has 5 heteroatoms. The predicted octanol–water partition coefficient (Wildman–Crippen LogP) is 5.30. The molecule has 0 N–H and O–H groups in total. The van der Waals surface area contributed by atoms with E-state index in [2.05, 4.69) is 0 Å². The first-order valence-corrected chi connectivity index (χ1v) is 11.2. The Kier molecular flexibility index (Phi) is 9.62. The average molecular weight is 459 g/mol. The number of benzene rings is 3. The van der Waals surface area contributed by atoms with Crippen LogP contribution >= 0.6 is 0 Å². The van der Waals surface area contributed by atoms with Gasteiger partial charge in [0.2, 0.25) is 0 Å². The quantitative estimate of drug-likeness (QED) is 0.222. The average Bonchev–Trinajstić information content (AvgIpc) is 2.90. The molecule has 0 unspecified atom stereocenters. The van der Waals surface area contributed by atoms with Crippen molar-refractivity contribution in [3.8, 4) is 0 Å². The lowest BCUT2D eigenvalue weighted by molar-refractivity contribution is -0.161. The van der Waals surface area contributed by atoms with Crippen molar-refractivity contribution in [2.75, 3.05) is 20.8 Å². The first-order chi connectivity index (χ1) is 16.6. The van der Waals surface area contributed by atoms with Crippen molar-refractivity contribution in [3.63, 3.8) is 0 Å². The summed E-state index contributed by atoms with van der Waals surface area (Å²) in [5.74, 6) is -2.85. The van der Waals surface area contributed by atoms with Gasteiger partial charge < -0.3 is 14.2 Å². The molecule has 0 spiro atoms. The Bertz CT molecular complexity index is 1000. The standard InChI is InChI=1S/C29H30O5/c1-32-28(30)27(29(31)33-2)25(18-19-34-21-22-12-6-3-7-13-22)20-26(23-14-8-4-9-15-23)24-16-10-5-11-17-24/h3-17,20,25,27H,18-19,21H2,1-2H3/t25-/m0/s1. The second-order valence-electron chi connectivity index (χ2n) is 7.83. The van der Waals surface area contributed by atoms with Crippen LogP contribution in [0.15, 0.2) is 97.1 Å². The van der Waals surface area contributed by atoms with Crippen LogP contribution in [0.1, 0.15) is 23.1 Å². The minimum absolute atomic E-state index is 0.359. The van der Waals surface area contributed by atoms with Gasteiger partial charge in [0.1, 0.15) is 0 Å².